The predicted molar refractivity (Wildman–Crippen MR) is 190 cm³/mol. The largest absolute Gasteiger partial charge is 0.458 e. The van der Waals surface area contributed by atoms with Gasteiger partial charge in [0.05, 0.1) is 5.69 Å². The van der Waals surface area contributed by atoms with Crippen LogP contribution in [0.2, 0.25) is 0 Å². The summed E-state index contributed by atoms with van der Waals surface area (Å²) in [6.07, 6.45) is 0. The second-order valence-corrected chi connectivity index (χ2v) is 11.7. The lowest BCUT2D eigenvalue weighted by Gasteiger charge is -2.36. The lowest BCUT2D eigenvalue weighted by Crippen LogP contribution is -2.57. The Hall–Kier alpha value is -6.00. The Labute approximate surface area is 269 Å². The summed E-state index contributed by atoms with van der Waals surface area (Å²) in [5.41, 5.74) is 10.8. The minimum atomic E-state index is -0.0548. The van der Waals surface area contributed by atoms with Crippen LogP contribution < -0.4 is 30.8 Å². The van der Waals surface area contributed by atoms with Crippen molar-refractivity contribution in [2.75, 3.05) is 4.90 Å². The van der Waals surface area contributed by atoms with Gasteiger partial charge in [-0.25, -0.2) is 0 Å². The molecule has 0 bridgehead atoms. The van der Waals surface area contributed by atoms with Gasteiger partial charge >= 0.3 is 0 Å². The Morgan fingerprint density at radius 1 is 0.391 bits per heavy atom. The third-order valence-electron chi connectivity index (χ3n) is 8.97. The van der Waals surface area contributed by atoms with Gasteiger partial charge in [-0.3, -0.25) is 0 Å². The van der Waals surface area contributed by atoms with Crippen LogP contribution in [-0.4, -0.2) is 6.71 Å². The molecule has 7 aromatic carbocycles. The highest BCUT2D eigenvalue weighted by atomic mass is 16.5. The van der Waals surface area contributed by atoms with Crippen molar-refractivity contribution < 1.29 is 9.47 Å². The van der Waals surface area contributed by atoms with Crippen LogP contribution >= 0.6 is 0 Å². The highest BCUT2D eigenvalue weighted by Gasteiger charge is 2.42. The van der Waals surface area contributed by atoms with Crippen LogP contribution in [0.1, 0.15) is 0 Å². The van der Waals surface area contributed by atoms with Crippen LogP contribution in [0.5, 0.6) is 23.0 Å². The summed E-state index contributed by atoms with van der Waals surface area (Å²) in [5.74, 6) is 3.39. The Balaban J connectivity index is 1.31. The average Bonchev–Trinajstić information content (AvgIpc) is 3.13. The normalized spacial score (nSPS) is 12.2. The van der Waals surface area contributed by atoms with E-state index in [0.29, 0.717) is 0 Å². The van der Waals surface area contributed by atoms with Gasteiger partial charge in [-0.2, -0.15) is 0 Å². The van der Waals surface area contributed by atoms with Gasteiger partial charge in [0.2, 0.25) is 0 Å². The molecular formula is C42H28BNO2. The first-order chi connectivity index (χ1) is 22.8. The van der Waals surface area contributed by atoms with E-state index in [1.54, 1.807) is 0 Å². The van der Waals surface area contributed by atoms with E-state index in [2.05, 4.69) is 163 Å². The molecule has 4 heteroatoms. The highest BCUT2D eigenvalue weighted by molar-refractivity contribution is 6.98. The molecule has 0 amide bonds. The van der Waals surface area contributed by atoms with Gasteiger partial charge in [-0.05, 0) is 46.3 Å². The van der Waals surface area contributed by atoms with Crippen LogP contribution in [0.25, 0.3) is 22.3 Å². The maximum atomic E-state index is 7.00. The van der Waals surface area contributed by atoms with E-state index in [4.69, 9.17) is 9.47 Å². The molecule has 3 nitrogen and oxygen atoms in total. The zero-order chi connectivity index (χ0) is 30.5. The standard InChI is InChI=1S/C42H28BNO2/c1-5-15-29(16-6-1)34-23-13-25-36-41(34)45-38-27-33(44(31-19-9-3-10-20-31)32-21-11-4-12-22-32)28-39-40(38)43(36)37-26-14-24-35(42(37)46-39)30-17-7-2-8-18-30/h1-28H. The molecule has 0 radical (unpaired) electrons. The van der Waals surface area contributed by atoms with E-state index in [0.717, 1.165) is 78.7 Å². The molecule has 0 spiro atoms. The van der Waals surface area contributed by atoms with Gasteiger partial charge in [-0.15, -0.1) is 0 Å². The fourth-order valence-corrected chi connectivity index (χ4v) is 6.95. The molecule has 0 N–H and O–H groups in total. The van der Waals surface area contributed by atoms with E-state index in [1.807, 2.05) is 12.1 Å². The van der Waals surface area contributed by atoms with Gasteiger partial charge in [0.25, 0.3) is 6.71 Å². The molecule has 0 saturated heterocycles. The summed E-state index contributed by atoms with van der Waals surface area (Å²) < 4.78 is 14.0. The van der Waals surface area contributed by atoms with E-state index >= 15 is 0 Å². The van der Waals surface area contributed by atoms with E-state index in [-0.39, 0.29) is 6.71 Å². The highest BCUT2D eigenvalue weighted by Crippen LogP contribution is 2.45. The number of rotatable bonds is 5. The number of fused-ring (bicyclic) bond motifs is 4. The molecule has 7 aromatic rings. The molecule has 46 heavy (non-hydrogen) atoms. The van der Waals surface area contributed by atoms with Crippen molar-refractivity contribution in [3.8, 4) is 45.3 Å². The Morgan fingerprint density at radius 3 is 1.24 bits per heavy atom. The molecule has 0 atom stereocenters. The SMILES string of the molecule is c1ccc(-c2cccc3c2Oc2cc(N(c4ccccc4)c4ccccc4)cc4c2B3c2cccc(-c3ccccc3)c2O4)cc1. The molecule has 2 aliphatic rings. The van der Waals surface area contributed by atoms with Crippen molar-refractivity contribution in [1.82, 2.24) is 0 Å². The quantitative estimate of drug-likeness (QED) is 0.187. The number of nitrogens with zero attached hydrogens (tertiary/aromatic N) is 1. The molecule has 216 valence electrons. The minimum Gasteiger partial charge on any atom is -0.458 e. The van der Waals surface area contributed by atoms with Crippen LogP contribution in [0.4, 0.5) is 17.1 Å². The summed E-state index contributed by atoms with van der Waals surface area (Å²) in [5, 5.41) is 0. The minimum absolute atomic E-state index is 0.0548. The number of para-hydroxylation sites is 4. The zero-order valence-corrected chi connectivity index (χ0v) is 25.0. The second-order valence-electron chi connectivity index (χ2n) is 11.7. The molecule has 0 saturated carbocycles. The number of hydrogen-bond donors (Lipinski definition) is 0. The summed E-state index contributed by atoms with van der Waals surface area (Å²) >= 11 is 0. The Kier molecular flexibility index (Phi) is 6.24. The van der Waals surface area contributed by atoms with Crippen molar-refractivity contribution >= 4 is 40.2 Å². The van der Waals surface area contributed by atoms with Crippen molar-refractivity contribution in [3.63, 3.8) is 0 Å². The number of hydrogen-bond acceptors (Lipinski definition) is 3. The lowest BCUT2D eigenvalue weighted by atomic mass is 9.34. The maximum absolute atomic E-state index is 7.00. The Morgan fingerprint density at radius 2 is 0.804 bits per heavy atom. The van der Waals surface area contributed by atoms with Gasteiger partial charge < -0.3 is 14.4 Å². The number of benzene rings is 7. The summed E-state index contributed by atoms with van der Waals surface area (Å²) in [4.78, 5) is 2.26. The van der Waals surface area contributed by atoms with Crippen molar-refractivity contribution in [1.29, 1.82) is 0 Å². The van der Waals surface area contributed by atoms with Crippen LogP contribution in [-0.2, 0) is 0 Å². The molecule has 2 aliphatic heterocycles. The van der Waals surface area contributed by atoms with Crippen molar-refractivity contribution in [3.05, 3.63) is 170 Å². The molecule has 0 aliphatic carbocycles. The van der Waals surface area contributed by atoms with E-state index < -0.39 is 0 Å². The molecular weight excluding hydrogens is 561 g/mol. The van der Waals surface area contributed by atoms with Gasteiger partial charge in [-0.1, -0.05) is 133 Å². The van der Waals surface area contributed by atoms with Crippen molar-refractivity contribution in [2.24, 2.45) is 0 Å². The Bertz CT molecular complexity index is 2050. The molecule has 2 heterocycles. The molecule has 0 aromatic heterocycles. The molecule has 9 rings (SSSR count). The van der Waals surface area contributed by atoms with Gasteiger partial charge in [0.1, 0.15) is 23.0 Å². The summed E-state index contributed by atoms with van der Waals surface area (Å²) in [6.45, 7) is -0.0548. The third-order valence-corrected chi connectivity index (χ3v) is 8.97. The molecule has 0 unspecified atom stereocenters. The fourth-order valence-electron chi connectivity index (χ4n) is 6.95. The lowest BCUT2D eigenvalue weighted by molar-refractivity contribution is 0.466. The number of anilines is 3. The van der Waals surface area contributed by atoms with Crippen LogP contribution in [0, 0.1) is 0 Å². The summed E-state index contributed by atoms with van der Waals surface area (Å²) in [7, 11) is 0. The van der Waals surface area contributed by atoms with Crippen LogP contribution in [0.15, 0.2) is 170 Å². The number of ether oxygens (including phenoxy) is 2. The van der Waals surface area contributed by atoms with Gasteiger partial charge in [0, 0.05) is 40.1 Å². The first-order valence-corrected chi connectivity index (χ1v) is 15.6. The topological polar surface area (TPSA) is 21.7 Å². The fraction of sp³-hybridized carbons (Fsp3) is 0. The average molecular weight is 590 g/mol. The summed E-state index contributed by atoms with van der Waals surface area (Å²) in [6, 6.07) is 59.3. The van der Waals surface area contributed by atoms with E-state index in [1.165, 1.54) is 0 Å². The molecule has 0 fully saturated rings. The van der Waals surface area contributed by atoms with Crippen LogP contribution in [0.3, 0.4) is 0 Å². The predicted octanol–water partition coefficient (Wildman–Crippen LogP) is 9.22. The third kappa shape index (κ3) is 4.30. The smallest absolute Gasteiger partial charge is 0.260 e. The first-order valence-electron chi connectivity index (χ1n) is 15.6. The zero-order valence-electron chi connectivity index (χ0n) is 25.0. The van der Waals surface area contributed by atoms with Crippen molar-refractivity contribution in [2.45, 2.75) is 0 Å². The first kappa shape index (κ1) is 26.4. The van der Waals surface area contributed by atoms with Gasteiger partial charge in [0.15, 0.2) is 0 Å². The monoisotopic (exact) mass is 589 g/mol. The van der Waals surface area contributed by atoms with E-state index in [9.17, 15) is 0 Å². The maximum Gasteiger partial charge on any atom is 0.260 e. The second kappa shape index (κ2) is 10.9.